The predicted octanol–water partition coefficient (Wildman–Crippen LogP) is 9.93. The molecule has 3 heterocycles. The van der Waals surface area contributed by atoms with Gasteiger partial charge in [-0.15, -0.1) is 11.3 Å². The van der Waals surface area contributed by atoms with Crippen LogP contribution in [0.5, 0.6) is 0 Å². The van der Waals surface area contributed by atoms with E-state index in [0.29, 0.717) is 0 Å². The second kappa shape index (κ2) is 9.36. The first-order valence-corrected chi connectivity index (χ1v) is 14.5. The van der Waals surface area contributed by atoms with E-state index in [0.717, 1.165) is 26.1 Å². The van der Waals surface area contributed by atoms with Crippen molar-refractivity contribution in [2.75, 3.05) is 0 Å². The van der Waals surface area contributed by atoms with Crippen LogP contribution in [-0.2, 0) is 4.43 Å². The molecular weight excluding hydrogens is 583 g/mol. The molecule has 0 aliphatic carbocycles. The van der Waals surface area contributed by atoms with Gasteiger partial charge in [-0.2, -0.15) is 0 Å². The minimum absolute atomic E-state index is 0.986. The Labute approximate surface area is 232 Å². The molecule has 0 aliphatic heterocycles. The number of aromatic nitrogens is 2. The lowest BCUT2D eigenvalue weighted by molar-refractivity contribution is 1.33. The van der Waals surface area contributed by atoms with E-state index < -0.39 is 0 Å². The van der Waals surface area contributed by atoms with Gasteiger partial charge in [0.05, 0.1) is 5.69 Å². The van der Waals surface area contributed by atoms with Crippen LogP contribution in [0.1, 0.15) is 5.56 Å². The number of hydrogen-bond acceptors (Lipinski definition) is 3. The van der Waals surface area contributed by atoms with Gasteiger partial charge in [-0.1, -0.05) is 95.4 Å². The van der Waals surface area contributed by atoms with Crippen molar-refractivity contribution in [1.82, 2.24) is 9.97 Å². The van der Waals surface area contributed by atoms with Gasteiger partial charge >= 0.3 is 0 Å². The maximum atomic E-state index is 4.88. The van der Waals surface area contributed by atoms with Crippen molar-refractivity contribution in [2.45, 2.75) is 4.43 Å². The number of pyridine rings is 2. The predicted molar refractivity (Wildman–Crippen MR) is 166 cm³/mol. The maximum absolute atomic E-state index is 4.88. The van der Waals surface area contributed by atoms with Crippen molar-refractivity contribution >= 4 is 65.0 Å². The van der Waals surface area contributed by atoms with E-state index in [2.05, 4.69) is 125 Å². The number of rotatable bonds is 4. The van der Waals surface area contributed by atoms with Crippen LogP contribution in [0.25, 0.3) is 64.6 Å². The lowest BCUT2D eigenvalue weighted by atomic mass is 9.97. The largest absolute Gasteiger partial charge is 0.256 e. The number of fused-ring (bicyclic) bond motifs is 4. The zero-order chi connectivity index (χ0) is 24.8. The summed E-state index contributed by atoms with van der Waals surface area (Å²) in [6.07, 6.45) is 3.85. The Morgan fingerprint density at radius 1 is 0.622 bits per heavy atom. The van der Waals surface area contributed by atoms with Crippen molar-refractivity contribution < 1.29 is 0 Å². The summed E-state index contributed by atoms with van der Waals surface area (Å²) in [5.41, 5.74) is 8.29. The highest BCUT2D eigenvalue weighted by Crippen LogP contribution is 2.38. The van der Waals surface area contributed by atoms with E-state index in [1.54, 1.807) is 11.3 Å². The molecule has 0 N–H and O–H groups in total. The first-order valence-electron chi connectivity index (χ1n) is 12.2. The first-order chi connectivity index (χ1) is 18.3. The third-order valence-electron chi connectivity index (χ3n) is 6.93. The molecule has 4 aromatic carbocycles. The maximum Gasteiger partial charge on any atom is 0.124 e. The summed E-state index contributed by atoms with van der Waals surface area (Å²) in [6.45, 7) is 0. The number of thiophene rings is 1. The zero-order valence-electron chi connectivity index (χ0n) is 19.9. The lowest BCUT2D eigenvalue weighted by Gasteiger charge is -2.08. The summed E-state index contributed by atoms with van der Waals surface area (Å²) in [4.78, 5) is 10.5. The number of nitrogens with zero attached hydrogens (tertiary/aromatic N) is 2. The third-order valence-corrected chi connectivity index (χ3v) is 8.97. The summed E-state index contributed by atoms with van der Waals surface area (Å²) < 4.78 is 2.27. The summed E-state index contributed by atoms with van der Waals surface area (Å²) >= 11 is 4.14. The van der Waals surface area contributed by atoms with E-state index in [-0.39, 0.29) is 0 Å². The summed E-state index contributed by atoms with van der Waals surface area (Å²) in [7, 11) is 0. The number of benzene rings is 4. The molecule has 0 fully saturated rings. The van der Waals surface area contributed by atoms with Crippen molar-refractivity contribution in [3.8, 4) is 33.5 Å². The molecule has 0 aliphatic rings. The van der Waals surface area contributed by atoms with Gasteiger partial charge in [0, 0.05) is 43.4 Å². The number of halogens is 1. The summed E-state index contributed by atoms with van der Waals surface area (Å²) in [5.74, 6) is 0. The molecule has 0 radical (unpaired) electrons. The minimum atomic E-state index is 0.986. The van der Waals surface area contributed by atoms with Crippen molar-refractivity contribution in [3.05, 3.63) is 121 Å². The van der Waals surface area contributed by atoms with Crippen LogP contribution in [-0.4, -0.2) is 9.97 Å². The van der Waals surface area contributed by atoms with Gasteiger partial charge in [0.25, 0.3) is 0 Å². The monoisotopic (exact) mass is 604 g/mol. The Morgan fingerprint density at radius 2 is 1.32 bits per heavy atom. The van der Waals surface area contributed by atoms with Crippen LogP contribution < -0.4 is 0 Å². The van der Waals surface area contributed by atoms with Gasteiger partial charge in [0.15, 0.2) is 0 Å². The smallest absolute Gasteiger partial charge is 0.124 e. The SMILES string of the molecule is ICc1ccc(-c2ccc3cc(-c4ccc(-c5cccc6c5sc5ncccc56)nc4)ccc3c2)cc1. The minimum Gasteiger partial charge on any atom is -0.256 e. The molecule has 0 atom stereocenters. The van der Waals surface area contributed by atoms with Gasteiger partial charge in [-0.25, -0.2) is 4.98 Å². The van der Waals surface area contributed by atoms with Crippen LogP contribution in [0, 0.1) is 0 Å². The second-order valence-electron chi connectivity index (χ2n) is 9.18. The molecule has 4 heteroatoms. The fourth-order valence-electron chi connectivity index (χ4n) is 4.95. The van der Waals surface area contributed by atoms with Crippen LogP contribution >= 0.6 is 33.9 Å². The molecule has 3 aromatic heterocycles. The van der Waals surface area contributed by atoms with Gasteiger partial charge in [-0.3, -0.25) is 4.98 Å². The molecule has 7 aromatic rings. The second-order valence-corrected chi connectivity index (χ2v) is 10.9. The molecule has 0 saturated carbocycles. The number of alkyl halides is 1. The highest BCUT2D eigenvalue weighted by atomic mass is 127. The van der Waals surface area contributed by atoms with Gasteiger partial charge in [0.2, 0.25) is 0 Å². The quantitative estimate of drug-likeness (QED) is 0.148. The fourth-order valence-corrected chi connectivity index (χ4v) is 6.62. The normalized spacial score (nSPS) is 11.5. The fraction of sp³-hybridized carbons (Fsp3) is 0.0303. The summed E-state index contributed by atoms with van der Waals surface area (Å²) in [5, 5.41) is 4.93. The van der Waals surface area contributed by atoms with Gasteiger partial charge < -0.3 is 0 Å². The molecule has 0 unspecified atom stereocenters. The van der Waals surface area contributed by atoms with Crippen LogP contribution in [0.15, 0.2) is 116 Å². The van der Waals surface area contributed by atoms with Crippen molar-refractivity contribution in [1.29, 1.82) is 0 Å². The van der Waals surface area contributed by atoms with Crippen molar-refractivity contribution in [2.24, 2.45) is 0 Å². The van der Waals surface area contributed by atoms with E-state index in [9.17, 15) is 0 Å². The van der Waals surface area contributed by atoms with Crippen LogP contribution in [0.2, 0.25) is 0 Å². The zero-order valence-corrected chi connectivity index (χ0v) is 22.8. The molecule has 7 rings (SSSR count). The Morgan fingerprint density at radius 3 is 2.05 bits per heavy atom. The first kappa shape index (κ1) is 22.6. The highest BCUT2D eigenvalue weighted by Gasteiger charge is 2.12. The molecule has 2 nitrogen and oxygen atoms in total. The molecule has 0 saturated heterocycles. The van der Waals surface area contributed by atoms with E-state index >= 15 is 0 Å². The molecular formula is C33H21IN2S. The van der Waals surface area contributed by atoms with E-state index in [1.165, 1.54) is 48.5 Å². The topological polar surface area (TPSA) is 25.8 Å². The standard InChI is InChI=1S/C33H21IN2S/c34-19-21-6-8-22(9-7-21)23-10-11-25-18-26(13-12-24(25)17-23)27-14-15-31(36-20-27)30-4-1-3-28-29-5-2-16-35-33(29)37-32(28)30/h1-18,20H,19H2. The summed E-state index contributed by atoms with van der Waals surface area (Å²) in [6, 6.07) is 37.1. The Bertz CT molecular complexity index is 1900. The lowest BCUT2D eigenvalue weighted by Crippen LogP contribution is -1.86. The Hall–Kier alpha value is -3.61. The molecule has 37 heavy (non-hydrogen) atoms. The van der Waals surface area contributed by atoms with Gasteiger partial charge in [0.1, 0.15) is 4.83 Å². The molecule has 0 bridgehead atoms. The van der Waals surface area contributed by atoms with E-state index in [1.807, 2.05) is 18.5 Å². The Balaban J connectivity index is 1.21. The van der Waals surface area contributed by atoms with Gasteiger partial charge in [-0.05, 0) is 63.4 Å². The molecule has 0 amide bonds. The van der Waals surface area contributed by atoms with Crippen molar-refractivity contribution in [3.63, 3.8) is 0 Å². The van der Waals surface area contributed by atoms with Crippen LogP contribution in [0.4, 0.5) is 0 Å². The average Bonchev–Trinajstić information content (AvgIpc) is 3.36. The average molecular weight is 605 g/mol. The van der Waals surface area contributed by atoms with E-state index in [4.69, 9.17) is 4.98 Å². The highest BCUT2D eigenvalue weighted by molar-refractivity contribution is 14.1. The Kier molecular flexibility index (Phi) is 5.71. The number of hydrogen-bond donors (Lipinski definition) is 0. The molecule has 0 spiro atoms. The third kappa shape index (κ3) is 4.10. The van der Waals surface area contributed by atoms with Crippen LogP contribution in [0.3, 0.4) is 0 Å². The molecule has 176 valence electrons.